The van der Waals surface area contributed by atoms with Gasteiger partial charge in [0.1, 0.15) is 0 Å². The summed E-state index contributed by atoms with van der Waals surface area (Å²) in [5.41, 5.74) is 2.42. The number of allylic oxidation sites excluding steroid dienone is 2. The fraction of sp³-hybridized carbons (Fsp3) is 0.542. The first-order chi connectivity index (χ1) is 14.4. The van der Waals surface area contributed by atoms with Crippen LogP contribution in [-0.4, -0.2) is 59.7 Å². The van der Waals surface area contributed by atoms with E-state index in [1.165, 1.54) is 16.2 Å². The van der Waals surface area contributed by atoms with E-state index in [0.29, 0.717) is 13.1 Å². The third kappa shape index (κ3) is 3.04. The van der Waals surface area contributed by atoms with Crippen molar-refractivity contribution in [2.75, 3.05) is 31.1 Å². The quantitative estimate of drug-likeness (QED) is 0.567. The predicted molar refractivity (Wildman–Crippen MR) is 114 cm³/mol. The predicted octanol–water partition coefficient (Wildman–Crippen LogP) is 2.23. The summed E-state index contributed by atoms with van der Waals surface area (Å²) in [5, 5.41) is 0. The average molecular weight is 408 g/mol. The lowest BCUT2D eigenvalue weighted by Crippen LogP contribution is -2.54. The number of fused-ring (bicyclic) bond motifs is 5. The van der Waals surface area contributed by atoms with E-state index in [-0.39, 0.29) is 60.4 Å². The summed E-state index contributed by atoms with van der Waals surface area (Å²) in [6.45, 7) is 6.54. The summed E-state index contributed by atoms with van der Waals surface area (Å²) in [6.07, 6.45) is 5.35. The van der Waals surface area contributed by atoms with Crippen molar-refractivity contribution in [1.82, 2.24) is 9.80 Å². The van der Waals surface area contributed by atoms with Crippen molar-refractivity contribution in [2.24, 2.45) is 23.7 Å². The monoisotopic (exact) mass is 407 g/mol. The molecule has 0 unspecified atom stereocenters. The Morgan fingerprint density at radius 2 is 1.63 bits per heavy atom. The highest BCUT2D eigenvalue weighted by molar-refractivity contribution is 6.06. The Balaban J connectivity index is 1.17. The first kappa shape index (κ1) is 19.3. The topological polar surface area (TPSA) is 60.9 Å². The third-order valence-electron chi connectivity index (χ3n) is 7.46. The van der Waals surface area contributed by atoms with E-state index in [1.807, 2.05) is 4.90 Å². The molecule has 2 bridgehead atoms. The molecule has 158 valence electrons. The Bertz CT molecular complexity index is 879. The van der Waals surface area contributed by atoms with E-state index < -0.39 is 0 Å². The molecule has 2 aliphatic carbocycles. The molecule has 0 spiro atoms. The molecule has 6 heteroatoms. The highest BCUT2D eigenvalue weighted by Gasteiger charge is 2.59. The average Bonchev–Trinajstić information content (AvgIpc) is 3.41. The van der Waals surface area contributed by atoms with Gasteiger partial charge in [-0.25, -0.2) is 0 Å². The largest absolute Gasteiger partial charge is 0.365 e. The number of carbonyl (C=O) groups excluding carboxylic acids is 3. The number of carbonyl (C=O) groups is 3. The van der Waals surface area contributed by atoms with Gasteiger partial charge in [0.05, 0.1) is 11.8 Å². The van der Waals surface area contributed by atoms with Gasteiger partial charge in [0.15, 0.2) is 0 Å². The number of aryl methyl sites for hydroxylation is 1. The summed E-state index contributed by atoms with van der Waals surface area (Å²) in [5.74, 6) is -0.0226. The molecule has 2 heterocycles. The van der Waals surface area contributed by atoms with Crippen molar-refractivity contribution < 1.29 is 14.4 Å². The molecule has 4 aliphatic rings. The minimum atomic E-state index is -0.180. The number of hydrogen-bond acceptors (Lipinski definition) is 4. The molecule has 3 fully saturated rings. The third-order valence-corrected chi connectivity index (χ3v) is 7.46. The summed E-state index contributed by atoms with van der Waals surface area (Å²) >= 11 is 0. The van der Waals surface area contributed by atoms with Gasteiger partial charge in [0.25, 0.3) is 0 Å². The number of imide groups is 1. The Hall–Kier alpha value is -2.63. The minimum absolute atomic E-state index is 0.0316. The summed E-state index contributed by atoms with van der Waals surface area (Å²) in [4.78, 5) is 44.0. The number of nitrogens with zero attached hydrogens (tertiary/aromatic N) is 3. The van der Waals surface area contributed by atoms with E-state index in [2.05, 4.69) is 55.2 Å². The molecule has 0 aromatic heterocycles. The van der Waals surface area contributed by atoms with Crippen LogP contribution in [0.4, 0.5) is 5.69 Å². The van der Waals surface area contributed by atoms with Crippen LogP contribution in [0.2, 0.25) is 0 Å². The Kier molecular flexibility index (Phi) is 4.68. The van der Waals surface area contributed by atoms with Gasteiger partial charge in [0, 0.05) is 44.3 Å². The summed E-state index contributed by atoms with van der Waals surface area (Å²) in [6, 6.07) is 8.71. The van der Waals surface area contributed by atoms with Crippen LogP contribution in [0.1, 0.15) is 25.3 Å². The molecule has 1 aromatic carbocycles. The van der Waals surface area contributed by atoms with Gasteiger partial charge < -0.3 is 9.80 Å². The van der Waals surface area contributed by atoms with Crippen LogP contribution in [0.5, 0.6) is 0 Å². The van der Waals surface area contributed by atoms with Crippen LogP contribution in [0.3, 0.4) is 0 Å². The second-order valence-corrected chi connectivity index (χ2v) is 9.30. The Morgan fingerprint density at radius 1 is 1.00 bits per heavy atom. The maximum Gasteiger partial charge on any atom is 0.233 e. The first-order valence-corrected chi connectivity index (χ1v) is 11.1. The molecule has 6 nitrogen and oxygen atoms in total. The molecule has 2 saturated heterocycles. The van der Waals surface area contributed by atoms with Crippen molar-refractivity contribution in [2.45, 2.75) is 32.7 Å². The first-order valence-electron chi connectivity index (χ1n) is 11.1. The van der Waals surface area contributed by atoms with E-state index in [4.69, 9.17) is 0 Å². The van der Waals surface area contributed by atoms with Crippen LogP contribution in [0.15, 0.2) is 36.4 Å². The number of amides is 3. The number of likely N-dealkylation sites (tertiary alicyclic amines) is 1. The summed E-state index contributed by atoms with van der Waals surface area (Å²) < 4.78 is 0. The minimum Gasteiger partial charge on any atom is -0.365 e. The number of piperazine rings is 1. The van der Waals surface area contributed by atoms with Crippen LogP contribution < -0.4 is 4.90 Å². The molecular weight excluding hydrogens is 378 g/mol. The lowest BCUT2D eigenvalue weighted by molar-refractivity contribution is -0.141. The maximum atomic E-state index is 12.8. The van der Waals surface area contributed by atoms with Gasteiger partial charge in [-0.1, -0.05) is 29.8 Å². The smallest absolute Gasteiger partial charge is 0.233 e. The zero-order chi connectivity index (χ0) is 21.0. The van der Waals surface area contributed by atoms with Gasteiger partial charge in [0.2, 0.25) is 17.7 Å². The van der Waals surface area contributed by atoms with Crippen molar-refractivity contribution in [3.8, 4) is 0 Å². The van der Waals surface area contributed by atoms with E-state index in [0.717, 1.165) is 13.0 Å². The normalized spacial score (nSPS) is 32.3. The van der Waals surface area contributed by atoms with Gasteiger partial charge in [-0.2, -0.15) is 0 Å². The fourth-order valence-electron chi connectivity index (χ4n) is 5.85. The molecule has 1 saturated carbocycles. The fourth-order valence-corrected chi connectivity index (χ4v) is 5.85. The number of rotatable bonds is 4. The second kappa shape index (κ2) is 7.25. The maximum absolute atomic E-state index is 12.8. The molecule has 0 N–H and O–H groups in total. The van der Waals surface area contributed by atoms with Gasteiger partial charge in [-0.15, -0.1) is 0 Å². The standard InChI is InChI=1S/C24H29N3O3/c1-15-3-7-19(8-4-15)26-12-11-25(14-16(26)2)20(28)9-10-27-23(29)21-17-5-6-18(13-17)22(21)24(27)30/h3-8,16-18,21-22H,9-14H2,1-2H3/t16-,17+,18+,21-,22-/m1/s1. The highest BCUT2D eigenvalue weighted by Crippen LogP contribution is 2.52. The molecule has 30 heavy (non-hydrogen) atoms. The molecule has 5 rings (SSSR count). The summed E-state index contributed by atoms with van der Waals surface area (Å²) in [7, 11) is 0. The van der Waals surface area contributed by atoms with Crippen LogP contribution in [-0.2, 0) is 14.4 Å². The van der Waals surface area contributed by atoms with Crippen LogP contribution in [0, 0.1) is 30.6 Å². The van der Waals surface area contributed by atoms with Crippen LogP contribution in [0.25, 0.3) is 0 Å². The van der Waals surface area contributed by atoms with E-state index in [1.54, 1.807) is 0 Å². The highest BCUT2D eigenvalue weighted by atomic mass is 16.2. The van der Waals surface area contributed by atoms with Gasteiger partial charge in [-0.05, 0) is 44.2 Å². The van der Waals surface area contributed by atoms with Crippen molar-refractivity contribution >= 4 is 23.4 Å². The number of hydrogen-bond donors (Lipinski definition) is 0. The lowest BCUT2D eigenvalue weighted by atomic mass is 9.85. The molecule has 5 atom stereocenters. The molecule has 1 aromatic rings. The SMILES string of the molecule is Cc1ccc(N2CCN(C(=O)CCN3C(=O)[C@H]4[C@H](C3=O)[C@H]3C=C[C@H]4C3)C[C@H]2C)cc1. The van der Waals surface area contributed by atoms with Crippen LogP contribution >= 0.6 is 0 Å². The Labute approximate surface area is 177 Å². The van der Waals surface area contributed by atoms with Gasteiger partial charge in [-0.3, -0.25) is 19.3 Å². The van der Waals surface area contributed by atoms with E-state index >= 15 is 0 Å². The van der Waals surface area contributed by atoms with Crippen molar-refractivity contribution in [1.29, 1.82) is 0 Å². The number of benzene rings is 1. The van der Waals surface area contributed by atoms with E-state index in [9.17, 15) is 14.4 Å². The molecule has 0 radical (unpaired) electrons. The van der Waals surface area contributed by atoms with Crippen molar-refractivity contribution in [3.05, 3.63) is 42.0 Å². The molecule has 2 aliphatic heterocycles. The number of anilines is 1. The molecular formula is C24H29N3O3. The van der Waals surface area contributed by atoms with Crippen molar-refractivity contribution in [3.63, 3.8) is 0 Å². The second-order valence-electron chi connectivity index (χ2n) is 9.30. The lowest BCUT2D eigenvalue weighted by Gasteiger charge is -2.41. The Morgan fingerprint density at radius 3 is 2.23 bits per heavy atom. The zero-order valence-corrected chi connectivity index (χ0v) is 17.7. The zero-order valence-electron chi connectivity index (χ0n) is 17.7. The molecule has 3 amide bonds. The van der Waals surface area contributed by atoms with Gasteiger partial charge >= 0.3 is 0 Å².